The number of rotatable bonds is 5. The number of nitrogens with two attached hydrogens (primary N) is 1. The van der Waals surface area contributed by atoms with Crippen LogP contribution in [0.5, 0.6) is 0 Å². The molecular weight excluding hydrogens is 238 g/mol. The van der Waals surface area contributed by atoms with Gasteiger partial charge < -0.3 is 10.3 Å². The fraction of sp³-hybridized carbons (Fsp3) is 0.500. The Balaban J connectivity index is 2.27. The molecular formula is C14H21N5. The van der Waals surface area contributed by atoms with Gasteiger partial charge in [0.1, 0.15) is 17.8 Å². The largest absolute Gasteiger partial charge is 0.384 e. The predicted octanol–water partition coefficient (Wildman–Crippen LogP) is 2.92. The number of anilines is 1. The van der Waals surface area contributed by atoms with E-state index in [9.17, 15) is 0 Å². The highest BCUT2D eigenvalue weighted by atomic mass is 15.3. The third-order valence-corrected chi connectivity index (χ3v) is 3.49. The van der Waals surface area contributed by atoms with Crippen LogP contribution in [0.4, 0.5) is 5.82 Å². The zero-order valence-electron chi connectivity index (χ0n) is 11.7. The van der Waals surface area contributed by atoms with Crippen LogP contribution in [-0.4, -0.2) is 19.7 Å². The summed E-state index contributed by atoms with van der Waals surface area (Å²) in [5.74, 6) is 1.96. The summed E-state index contributed by atoms with van der Waals surface area (Å²) in [5.41, 5.74) is 6.50. The van der Waals surface area contributed by atoms with Crippen LogP contribution in [0.25, 0.3) is 11.5 Å². The Kier molecular flexibility index (Phi) is 4.14. The van der Waals surface area contributed by atoms with Gasteiger partial charge >= 0.3 is 0 Å². The molecule has 0 saturated carbocycles. The minimum Gasteiger partial charge on any atom is -0.384 e. The Bertz CT molecular complexity index is 534. The molecule has 0 aliphatic rings. The lowest BCUT2D eigenvalue weighted by atomic mass is 10.0. The zero-order chi connectivity index (χ0) is 13.8. The van der Waals surface area contributed by atoms with E-state index in [4.69, 9.17) is 5.73 Å². The Morgan fingerprint density at radius 2 is 2.11 bits per heavy atom. The fourth-order valence-corrected chi connectivity index (χ4v) is 2.19. The molecule has 102 valence electrons. The highest BCUT2D eigenvalue weighted by Gasteiger charge is 2.15. The van der Waals surface area contributed by atoms with Crippen LogP contribution in [0.1, 0.15) is 39.7 Å². The molecule has 0 bridgehead atoms. The molecule has 19 heavy (non-hydrogen) atoms. The van der Waals surface area contributed by atoms with Crippen LogP contribution in [0.2, 0.25) is 0 Å². The van der Waals surface area contributed by atoms with Gasteiger partial charge in [0.2, 0.25) is 0 Å². The quantitative estimate of drug-likeness (QED) is 0.896. The smallest absolute Gasteiger partial charge is 0.182 e. The van der Waals surface area contributed by atoms with Gasteiger partial charge in [0, 0.05) is 6.04 Å². The first-order valence-electron chi connectivity index (χ1n) is 6.74. The number of pyridine rings is 1. The van der Waals surface area contributed by atoms with Crippen molar-refractivity contribution in [2.45, 2.75) is 39.7 Å². The summed E-state index contributed by atoms with van der Waals surface area (Å²) < 4.78 is 2.08. The maximum atomic E-state index is 5.72. The molecule has 5 nitrogen and oxygen atoms in total. The van der Waals surface area contributed by atoms with E-state index in [0.717, 1.165) is 17.9 Å². The van der Waals surface area contributed by atoms with Crippen LogP contribution in [0.15, 0.2) is 24.5 Å². The van der Waals surface area contributed by atoms with Crippen molar-refractivity contribution in [1.29, 1.82) is 0 Å². The van der Waals surface area contributed by atoms with Crippen LogP contribution in [0, 0.1) is 5.92 Å². The second-order valence-corrected chi connectivity index (χ2v) is 5.11. The second-order valence-electron chi connectivity index (χ2n) is 5.11. The number of nitrogen functional groups attached to an aromatic ring is 1. The Morgan fingerprint density at radius 1 is 1.32 bits per heavy atom. The van der Waals surface area contributed by atoms with E-state index < -0.39 is 0 Å². The van der Waals surface area contributed by atoms with E-state index in [2.05, 4.69) is 40.5 Å². The first-order valence-corrected chi connectivity index (χ1v) is 6.74. The van der Waals surface area contributed by atoms with Crippen molar-refractivity contribution in [3.63, 3.8) is 0 Å². The molecule has 0 amide bonds. The molecule has 0 radical (unpaired) electrons. The number of hydrogen-bond acceptors (Lipinski definition) is 4. The Labute approximate surface area is 113 Å². The van der Waals surface area contributed by atoms with Gasteiger partial charge in [0.05, 0.1) is 0 Å². The van der Waals surface area contributed by atoms with Gasteiger partial charge in [-0.2, -0.15) is 0 Å². The fourth-order valence-electron chi connectivity index (χ4n) is 2.19. The third-order valence-electron chi connectivity index (χ3n) is 3.49. The Morgan fingerprint density at radius 3 is 2.79 bits per heavy atom. The molecule has 0 spiro atoms. The SMILES string of the molecule is CC[C@H](C)C[C@H](C)n1cnnc1-c1cccc(N)n1. The van der Waals surface area contributed by atoms with Gasteiger partial charge in [0.25, 0.3) is 0 Å². The first-order chi connectivity index (χ1) is 9.11. The molecule has 2 aromatic rings. The topological polar surface area (TPSA) is 69.6 Å². The van der Waals surface area contributed by atoms with Crippen LogP contribution >= 0.6 is 0 Å². The monoisotopic (exact) mass is 259 g/mol. The molecule has 2 aromatic heterocycles. The molecule has 0 unspecified atom stereocenters. The van der Waals surface area contributed by atoms with Crippen LogP contribution in [-0.2, 0) is 0 Å². The van der Waals surface area contributed by atoms with E-state index in [0.29, 0.717) is 17.8 Å². The number of nitrogens with zero attached hydrogens (tertiary/aromatic N) is 4. The van der Waals surface area contributed by atoms with E-state index in [1.807, 2.05) is 12.1 Å². The highest BCUT2D eigenvalue weighted by molar-refractivity contribution is 5.52. The average Bonchev–Trinajstić information content (AvgIpc) is 2.87. The van der Waals surface area contributed by atoms with Gasteiger partial charge in [-0.15, -0.1) is 10.2 Å². The summed E-state index contributed by atoms with van der Waals surface area (Å²) in [5, 5.41) is 8.19. The van der Waals surface area contributed by atoms with Gasteiger partial charge in [0.15, 0.2) is 5.82 Å². The molecule has 2 rings (SSSR count). The molecule has 0 fully saturated rings. The van der Waals surface area contributed by atoms with E-state index in [-0.39, 0.29) is 0 Å². The van der Waals surface area contributed by atoms with Crippen molar-refractivity contribution >= 4 is 5.82 Å². The summed E-state index contributed by atoms with van der Waals surface area (Å²) >= 11 is 0. The van der Waals surface area contributed by atoms with Crippen molar-refractivity contribution in [2.75, 3.05) is 5.73 Å². The maximum Gasteiger partial charge on any atom is 0.182 e. The van der Waals surface area contributed by atoms with Crippen LogP contribution < -0.4 is 5.73 Å². The third kappa shape index (κ3) is 3.10. The maximum absolute atomic E-state index is 5.72. The van der Waals surface area contributed by atoms with Gasteiger partial charge in [-0.25, -0.2) is 4.98 Å². The molecule has 0 saturated heterocycles. The lowest BCUT2D eigenvalue weighted by Crippen LogP contribution is -2.10. The van der Waals surface area contributed by atoms with Gasteiger partial charge in [-0.05, 0) is 31.4 Å². The average molecular weight is 259 g/mol. The van der Waals surface area contributed by atoms with Crippen molar-refractivity contribution in [2.24, 2.45) is 5.92 Å². The summed E-state index contributed by atoms with van der Waals surface area (Å²) in [7, 11) is 0. The highest BCUT2D eigenvalue weighted by Crippen LogP contribution is 2.24. The zero-order valence-corrected chi connectivity index (χ0v) is 11.7. The lowest BCUT2D eigenvalue weighted by molar-refractivity contribution is 0.400. The first kappa shape index (κ1) is 13.5. The standard InChI is InChI=1S/C14H21N5/c1-4-10(2)8-11(3)19-9-16-18-14(19)12-6-5-7-13(15)17-12/h5-7,9-11H,4,8H2,1-3H3,(H2,15,17)/t10-,11-/m0/s1. The Hall–Kier alpha value is -1.91. The molecule has 0 aliphatic heterocycles. The normalized spacial score (nSPS) is 14.3. The number of aromatic nitrogens is 4. The molecule has 2 N–H and O–H groups in total. The summed E-state index contributed by atoms with van der Waals surface area (Å²) in [6, 6.07) is 5.92. The minimum absolute atomic E-state index is 0.350. The van der Waals surface area contributed by atoms with Gasteiger partial charge in [-0.1, -0.05) is 26.3 Å². The lowest BCUT2D eigenvalue weighted by Gasteiger charge is -2.18. The van der Waals surface area contributed by atoms with Crippen molar-refractivity contribution in [3.8, 4) is 11.5 Å². The summed E-state index contributed by atoms with van der Waals surface area (Å²) in [4.78, 5) is 4.31. The summed E-state index contributed by atoms with van der Waals surface area (Å²) in [6.07, 6.45) is 4.05. The molecule has 0 aromatic carbocycles. The van der Waals surface area contributed by atoms with E-state index in [1.165, 1.54) is 6.42 Å². The van der Waals surface area contributed by atoms with Crippen LogP contribution in [0.3, 0.4) is 0 Å². The second kappa shape index (κ2) is 5.82. The molecule has 2 heterocycles. The van der Waals surface area contributed by atoms with Crippen molar-refractivity contribution in [3.05, 3.63) is 24.5 Å². The van der Waals surface area contributed by atoms with Crippen molar-refractivity contribution < 1.29 is 0 Å². The molecule has 5 heteroatoms. The van der Waals surface area contributed by atoms with E-state index >= 15 is 0 Å². The predicted molar refractivity (Wildman–Crippen MR) is 76.4 cm³/mol. The minimum atomic E-state index is 0.350. The van der Waals surface area contributed by atoms with E-state index in [1.54, 1.807) is 12.4 Å². The summed E-state index contributed by atoms with van der Waals surface area (Å²) in [6.45, 7) is 6.66. The molecule has 0 aliphatic carbocycles. The van der Waals surface area contributed by atoms with Crippen molar-refractivity contribution in [1.82, 2.24) is 19.7 Å². The number of hydrogen-bond donors (Lipinski definition) is 1. The molecule has 2 atom stereocenters. The van der Waals surface area contributed by atoms with Gasteiger partial charge in [-0.3, -0.25) is 0 Å².